The predicted octanol–water partition coefficient (Wildman–Crippen LogP) is 1.71. The van der Waals surface area contributed by atoms with Crippen molar-refractivity contribution in [2.24, 2.45) is 0 Å². The molecule has 1 heterocycles. The van der Waals surface area contributed by atoms with Crippen molar-refractivity contribution in [2.75, 3.05) is 7.11 Å². The number of methoxy groups -OCH3 is 1. The maximum Gasteiger partial charge on any atom is 0.307 e. The number of hydrogen-bond donors (Lipinski definition) is 2. The standard InChI is InChI=1S/C12H12N2O3/c1-17-10-4-2-8(3-5-10)12-9(6-11(15)16)7-13-14-12/h2-5,7H,6H2,1H3,(H,13,14)(H,15,16). The minimum absolute atomic E-state index is 0.0438. The van der Waals surface area contributed by atoms with Crippen LogP contribution in [0.4, 0.5) is 0 Å². The number of aliphatic carboxylic acids is 1. The average molecular weight is 232 g/mol. The number of aromatic amines is 1. The molecule has 0 amide bonds. The van der Waals surface area contributed by atoms with E-state index in [0.717, 1.165) is 17.0 Å². The molecule has 0 bridgehead atoms. The average Bonchev–Trinajstić information content (AvgIpc) is 2.76. The van der Waals surface area contributed by atoms with Crippen LogP contribution in [0.25, 0.3) is 11.3 Å². The topological polar surface area (TPSA) is 75.2 Å². The Hall–Kier alpha value is -2.30. The number of benzene rings is 1. The molecular weight excluding hydrogens is 220 g/mol. The molecule has 0 aliphatic heterocycles. The fourth-order valence-electron chi connectivity index (χ4n) is 1.62. The molecule has 1 aromatic carbocycles. The number of ether oxygens (including phenoxy) is 1. The van der Waals surface area contributed by atoms with Crippen LogP contribution < -0.4 is 4.74 Å². The van der Waals surface area contributed by atoms with Gasteiger partial charge >= 0.3 is 5.97 Å². The van der Waals surface area contributed by atoms with Gasteiger partial charge < -0.3 is 9.84 Å². The second kappa shape index (κ2) is 4.69. The van der Waals surface area contributed by atoms with E-state index in [0.29, 0.717) is 5.56 Å². The number of carboxylic acids is 1. The lowest BCUT2D eigenvalue weighted by Gasteiger charge is -2.03. The fourth-order valence-corrected chi connectivity index (χ4v) is 1.62. The van der Waals surface area contributed by atoms with Crippen molar-refractivity contribution in [3.63, 3.8) is 0 Å². The summed E-state index contributed by atoms with van der Waals surface area (Å²) in [7, 11) is 1.60. The molecule has 0 saturated heterocycles. The summed E-state index contributed by atoms with van der Waals surface area (Å²) in [6, 6.07) is 7.36. The first-order valence-electron chi connectivity index (χ1n) is 5.09. The first-order chi connectivity index (χ1) is 8.20. The Morgan fingerprint density at radius 1 is 1.41 bits per heavy atom. The van der Waals surface area contributed by atoms with E-state index in [-0.39, 0.29) is 6.42 Å². The van der Waals surface area contributed by atoms with Gasteiger partial charge in [0.15, 0.2) is 0 Å². The maximum atomic E-state index is 10.7. The summed E-state index contributed by atoms with van der Waals surface area (Å²) < 4.78 is 5.06. The number of aromatic nitrogens is 2. The zero-order valence-corrected chi connectivity index (χ0v) is 9.30. The summed E-state index contributed by atoms with van der Waals surface area (Å²) in [4.78, 5) is 10.7. The molecule has 17 heavy (non-hydrogen) atoms. The molecule has 0 aliphatic carbocycles. The van der Waals surface area contributed by atoms with Gasteiger partial charge in [0.25, 0.3) is 0 Å². The number of hydrogen-bond acceptors (Lipinski definition) is 3. The van der Waals surface area contributed by atoms with Gasteiger partial charge in [-0.25, -0.2) is 0 Å². The van der Waals surface area contributed by atoms with Crippen LogP contribution in [0.5, 0.6) is 5.75 Å². The van der Waals surface area contributed by atoms with Crippen LogP contribution >= 0.6 is 0 Å². The molecule has 1 aromatic heterocycles. The van der Waals surface area contributed by atoms with Gasteiger partial charge in [-0.15, -0.1) is 0 Å². The largest absolute Gasteiger partial charge is 0.497 e. The van der Waals surface area contributed by atoms with Crippen molar-refractivity contribution in [1.82, 2.24) is 10.2 Å². The molecule has 0 radical (unpaired) electrons. The van der Waals surface area contributed by atoms with Gasteiger partial charge in [-0.05, 0) is 24.3 Å². The highest BCUT2D eigenvalue weighted by molar-refractivity contribution is 5.74. The van der Waals surface area contributed by atoms with E-state index in [9.17, 15) is 4.79 Å². The summed E-state index contributed by atoms with van der Waals surface area (Å²) >= 11 is 0. The third kappa shape index (κ3) is 2.44. The molecular formula is C12H12N2O3. The van der Waals surface area contributed by atoms with E-state index in [1.54, 1.807) is 7.11 Å². The zero-order valence-electron chi connectivity index (χ0n) is 9.30. The minimum atomic E-state index is -0.874. The monoisotopic (exact) mass is 232 g/mol. The SMILES string of the molecule is COc1ccc(-c2[nH]ncc2CC(=O)O)cc1. The molecule has 0 atom stereocenters. The van der Waals surface area contributed by atoms with Crippen LogP contribution in [0.2, 0.25) is 0 Å². The molecule has 0 saturated carbocycles. The van der Waals surface area contributed by atoms with E-state index >= 15 is 0 Å². The van der Waals surface area contributed by atoms with Gasteiger partial charge in [0, 0.05) is 11.1 Å². The molecule has 2 N–H and O–H groups in total. The summed E-state index contributed by atoms with van der Waals surface area (Å²) in [5.74, 6) is -0.116. The van der Waals surface area contributed by atoms with E-state index < -0.39 is 5.97 Å². The molecule has 2 aromatic rings. The van der Waals surface area contributed by atoms with Crippen LogP contribution in [0.15, 0.2) is 30.5 Å². The van der Waals surface area contributed by atoms with Crippen molar-refractivity contribution in [3.05, 3.63) is 36.0 Å². The fraction of sp³-hybridized carbons (Fsp3) is 0.167. The first kappa shape index (κ1) is 11.2. The van der Waals surface area contributed by atoms with Gasteiger partial charge in [0.05, 0.1) is 25.4 Å². The third-order valence-corrected chi connectivity index (χ3v) is 2.44. The first-order valence-corrected chi connectivity index (χ1v) is 5.09. The predicted molar refractivity (Wildman–Crippen MR) is 61.9 cm³/mol. The molecule has 88 valence electrons. The van der Waals surface area contributed by atoms with E-state index in [1.807, 2.05) is 24.3 Å². The molecule has 2 rings (SSSR count). The van der Waals surface area contributed by atoms with Crippen molar-refractivity contribution in [1.29, 1.82) is 0 Å². The van der Waals surface area contributed by atoms with E-state index in [1.165, 1.54) is 6.20 Å². The zero-order chi connectivity index (χ0) is 12.3. The van der Waals surface area contributed by atoms with Gasteiger partial charge in [-0.1, -0.05) is 0 Å². The Morgan fingerprint density at radius 2 is 2.12 bits per heavy atom. The highest BCUT2D eigenvalue weighted by atomic mass is 16.5. The number of nitrogens with one attached hydrogen (secondary N) is 1. The Bertz CT molecular complexity index is 517. The molecule has 0 aliphatic rings. The quantitative estimate of drug-likeness (QED) is 0.841. The Kier molecular flexibility index (Phi) is 3.09. The normalized spacial score (nSPS) is 10.2. The molecule has 5 nitrogen and oxygen atoms in total. The second-order valence-electron chi connectivity index (χ2n) is 3.57. The molecule has 0 spiro atoms. The number of nitrogens with zero attached hydrogens (tertiary/aromatic N) is 1. The minimum Gasteiger partial charge on any atom is -0.497 e. The maximum absolute atomic E-state index is 10.7. The van der Waals surface area contributed by atoms with Gasteiger partial charge in [-0.3, -0.25) is 9.89 Å². The number of H-pyrrole nitrogens is 1. The lowest BCUT2D eigenvalue weighted by atomic mass is 10.1. The van der Waals surface area contributed by atoms with E-state index in [4.69, 9.17) is 9.84 Å². The third-order valence-electron chi connectivity index (χ3n) is 2.44. The lowest BCUT2D eigenvalue weighted by Crippen LogP contribution is -2.00. The van der Waals surface area contributed by atoms with Crippen LogP contribution in [0, 0.1) is 0 Å². The molecule has 0 unspecified atom stereocenters. The summed E-state index contributed by atoms with van der Waals surface area (Å²) in [6.45, 7) is 0. The summed E-state index contributed by atoms with van der Waals surface area (Å²) in [6.07, 6.45) is 1.49. The Morgan fingerprint density at radius 3 is 2.71 bits per heavy atom. The Balaban J connectivity index is 2.32. The second-order valence-corrected chi connectivity index (χ2v) is 3.57. The molecule has 5 heteroatoms. The van der Waals surface area contributed by atoms with Crippen molar-refractivity contribution < 1.29 is 14.6 Å². The summed E-state index contributed by atoms with van der Waals surface area (Å²) in [5, 5.41) is 15.5. The highest BCUT2D eigenvalue weighted by Crippen LogP contribution is 2.23. The van der Waals surface area contributed by atoms with E-state index in [2.05, 4.69) is 10.2 Å². The lowest BCUT2D eigenvalue weighted by molar-refractivity contribution is -0.136. The smallest absolute Gasteiger partial charge is 0.307 e. The number of carbonyl (C=O) groups is 1. The van der Waals surface area contributed by atoms with Crippen LogP contribution in [0.3, 0.4) is 0 Å². The van der Waals surface area contributed by atoms with Crippen LogP contribution in [-0.2, 0) is 11.2 Å². The van der Waals surface area contributed by atoms with Gasteiger partial charge in [0.1, 0.15) is 5.75 Å². The number of rotatable bonds is 4. The van der Waals surface area contributed by atoms with Crippen LogP contribution in [-0.4, -0.2) is 28.4 Å². The molecule has 0 fully saturated rings. The number of carboxylic acid groups (broad SMARTS) is 1. The van der Waals surface area contributed by atoms with Crippen molar-refractivity contribution >= 4 is 5.97 Å². The van der Waals surface area contributed by atoms with Crippen LogP contribution in [0.1, 0.15) is 5.56 Å². The van der Waals surface area contributed by atoms with Crippen molar-refractivity contribution in [2.45, 2.75) is 6.42 Å². The van der Waals surface area contributed by atoms with Gasteiger partial charge in [0.2, 0.25) is 0 Å². The van der Waals surface area contributed by atoms with Crippen molar-refractivity contribution in [3.8, 4) is 17.0 Å². The summed E-state index contributed by atoms with van der Waals surface area (Å²) in [5.41, 5.74) is 2.29. The van der Waals surface area contributed by atoms with Gasteiger partial charge in [-0.2, -0.15) is 5.10 Å². The Labute approximate surface area is 98.0 Å². The highest BCUT2D eigenvalue weighted by Gasteiger charge is 2.10.